The molecular weight excluding hydrogens is 318 g/mol. The van der Waals surface area contributed by atoms with E-state index in [4.69, 9.17) is 9.47 Å². The van der Waals surface area contributed by atoms with Crippen LogP contribution in [0.5, 0.6) is 0 Å². The van der Waals surface area contributed by atoms with Gasteiger partial charge < -0.3 is 14.8 Å². The molecule has 0 heterocycles. The first-order chi connectivity index (χ1) is 11.0. The van der Waals surface area contributed by atoms with Crippen molar-refractivity contribution in [2.45, 2.75) is 59.2 Å². The van der Waals surface area contributed by atoms with Crippen molar-refractivity contribution in [1.82, 2.24) is 5.32 Å². The molecule has 0 spiro atoms. The number of hydrogen-bond donors (Lipinski definition) is 1. The average Bonchev–Trinajstić information content (AvgIpc) is 2.42. The van der Waals surface area contributed by atoms with Gasteiger partial charge in [0, 0.05) is 19.2 Å². The van der Waals surface area contributed by atoms with E-state index in [1.807, 2.05) is 39.0 Å². The number of carbonyl (C=O) groups is 1. The van der Waals surface area contributed by atoms with Crippen LogP contribution in [0.15, 0.2) is 18.2 Å². The molecule has 0 fully saturated rings. The molecule has 0 aliphatic rings. The highest BCUT2D eigenvalue weighted by Gasteiger charge is 2.16. The third kappa shape index (κ3) is 8.18. The predicted octanol–water partition coefficient (Wildman–Crippen LogP) is 4.09. The van der Waals surface area contributed by atoms with Crippen molar-refractivity contribution >= 4 is 14.2 Å². The van der Waals surface area contributed by atoms with Crippen LogP contribution in [0.1, 0.15) is 37.5 Å². The number of nitrogens with one attached hydrogen (secondary N) is 1. The number of ether oxygens (including phenoxy) is 2. The SMILES string of the molecule is COCc1cc(C#C[Si](C)(C)C)ccc1CNC(=O)OC(C)(C)C. The van der Waals surface area contributed by atoms with Crippen LogP contribution in [0, 0.1) is 11.5 Å². The largest absolute Gasteiger partial charge is 0.444 e. The minimum Gasteiger partial charge on any atom is -0.444 e. The first-order valence-electron chi connectivity index (χ1n) is 8.11. The van der Waals surface area contributed by atoms with E-state index in [1.165, 1.54) is 0 Å². The van der Waals surface area contributed by atoms with Gasteiger partial charge in [-0.2, -0.15) is 0 Å². The average molecular weight is 348 g/mol. The van der Waals surface area contributed by atoms with Crippen molar-refractivity contribution in [3.05, 3.63) is 34.9 Å². The van der Waals surface area contributed by atoms with Gasteiger partial charge >= 0.3 is 6.09 Å². The van der Waals surface area contributed by atoms with E-state index >= 15 is 0 Å². The molecule has 4 nitrogen and oxygen atoms in total. The first kappa shape index (κ1) is 20.3. The van der Waals surface area contributed by atoms with Gasteiger partial charge in [-0.15, -0.1) is 5.54 Å². The predicted molar refractivity (Wildman–Crippen MR) is 100 cm³/mol. The lowest BCUT2D eigenvalue weighted by atomic mass is 10.0. The molecule has 0 saturated heterocycles. The third-order valence-corrected chi connectivity index (χ3v) is 3.79. The third-order valence-electron chi connectivity index (χ3n) is 2.91. The Labute approximate surface area is 146 Å². The summed E-state index contributed by atoms with van der Waals surface area (Å²) in [6.45, 7) is 13.1. The van der Waals surface area contributed by atoms with E-state index in [2.05, 4.69) is 36.4 Å². The summed E-state index contributed by atoms with van der Waals surface area (Å²) in [7, 11) is 0.250. The van der Waals surface area contributed by atoms with Crippen LogP contribution in [0.4, 0.5) is 4.79 Å². The lowest BCUT2D eigenvalue weighted by Gasteiger charge is -2.20. The molecule has 0 unspecified atom stereocenters. The Morgan fingerprint density at radius 3 is 2.42 bits per heavy atom. The monoisotopic (exact) mass is 347 g/mol. The van der Waals surface area contributed by atoms with Gasteiger partial charge in [0.15, 0.2) is 0 Å². The van der Waals surface area contributed by atoms with E-state index in [1.54, 1.807) is 7.11 Å². The van der Waals surface area contributed by atoms with Gasteiger partial charge in [-0.25, -0.2) is 4.79 Å². The number of benzene rings is 1. The van der Waals surface area contributed by atoms with Gasteiger partial charge in [0.1, 0.15) is 13.7 Å². The van der Waals surface area contributed by atoms with Crippen LogP contribution in [0.3, 0.4) is 0 Å². The summed E-state index contributed by atoms with van der Waals surface area (Å²) < 4.78 is 10.5. The molecule has 5 heteroatoms. The number of amides is 1. The summed E-state index contributed by atoms with van der Waals surface area (Å²) in [4.78, 5) is 11.8. The molecule has 0 radical (unpaired) electrons. The molecule has 1 aromatic carbocycles. The van der Waals surface area contributed by atoms with Gasteiger partial charge in [0.25, 0.3) is 0 Å². The fourth-order valence-electron chi connectivity index (χ4n) is 1.91. The molecule has 0 aliphatic heterocycles. The zero-order chi connectivity index (χ0) is 18.4. The Hall–Kier alpha value is -1.77. The Morgan fingerprint density at radius 2 is 1.88 bits per heavy atom. The summed E-state index contributed by atoms with van der Waals surface area (Å²) in [6, 6.07) is 6.00. The van der Waals surface area contributed by atoms with Crippen LogP contribution in [-0.2, 0) is 22.6 Å². The number of hydrogen-bond acceptors (Lipinski definition) is 3. The highest BCUT2D eigenvalue weighted by atomic mass is 28.3. The molecule has 132 valence electrons. The number of rotatable bonds is 4. The highest BCUT2D eigenvalue weighted by molar-refractivity contribution is 6.83. The molecule has 0 saturated carbocycles. The van der Waals surface area contributed by atoms with Crippen molar-refractivity contribution in [3.8, 4) is 11.5 Å². The topological polar surface area (TPSA) is 47.6 Å². The number of carbonyl (C=O) groups excluding carboxylic acids is 1. The summed E-state index contributed by atoms with van der Waals surface area (Å²) in [5.41, 5.74) is 5.86. The van der Waals surface area contributed by atoms with Crippen molar-refractivity contribution < 1.29 is 14.3 Å². The molecular formula is C19H29NO3Si. The zero-order valence-electron chi connectivity index (χ0n) is 15.9. The minimum absolute atomic E-state index is 0.398. The Balaban J connectivity index is 2.87. The molecule has 0 atom stereocenters. The molecule has 1 amide bonds. The van der Waals surface area contributed by atoms with E-state index < -0.39 is 19.8 Å². The van der Waals surface area contributed by atoms with E-state index in [0.717, 1.165) is 16.7 Å². The molecule has 1 rings (SSSR count). The van der Waals surface area contributed by atoms with E-state index in [-0.39, 0.29) is 0 Å². The second-order valence-electron chi connectivity index (χ2n) is 7.77. The summed E-state index contributed by atoms with van der Waals surface area (Å²) in [5.74, 6) is 3.25. The molecule has 0 aromatic heterocycles. The summed E-state index contributed by atoms with van der Waals surface area (Å²) in [5, 5.41) is 2.78. The fourth-order valence-corrected chi connectivity index (χ4v) is 2.43. The van der Waals surface area contributed by atoms with Crippen molar-refractivity contribution in [1.29, 1.82) is 0 Å². The van der Waals surface area contributed by atoms with Gasteiger partial charge in [0.2, 0.25) is 0 Å². The standard InChI is InChI=1S/C19H29NO3Si/c1-19(2,3)23-18(21)20-13-16-9-8-15(10-11-24(5,6)7)12-17(16)14-22-4/h8-9,12H,13-14H2,1-7H3,(H,20,21). The van der Waals surface area contributed by atoms with Gasteiger partial charge in [-0.1, -0.05) is 31.6 Å². The smallest absolute Gasteiger partial charge is 0.407 e. The Morgan fingerprint density at radius 1 is 1.21 bits per heavy atom. The van der Waals surface area contributed by atoms with E-state index in [0.29, 0.717) is 13.2 Å². The maximum atomic E-state index is 11.8. The van der Waals surface area contributed by atoms with Crippen molar-refractivity contribution in [3.63, 3.8) is 0 Å². The van der Waals surface area contributed by atoms with Gasteiger partial charge in [0.05, 0.1) is 6.61 Å². The fraction of sp³-hybridized carbons (Fsp3) is 0.526. The van der Waals surface area contributed by atoms with Gasteiger partial charge in [-0.05, 0) is 44.0 Å². The van der Waals surface area contributed by atoms with Crippen LogP contribution < -0.4 is 5.32 Å². The van der Waals surface area contributed by atoms with Crippen LogP contribution in [0.2, 0.25) is 19.6 Å². The Bertz CT molecular complexity index is 631. The number of methoxy groups -OCH3 is 1. The molecule has 1 aromatic rings. The van der Waals surface area contributed by atoms with E-state index in [9.17, 15) is 4.79 Å². The van der Waals surface area contributed by atoms with Gasteiger partial charge in [-0.3, -0.25) is 0 Å². The molecule has 0 bridgehead atoms. The quantitative estimate of drug-likeness (QED) is 0.659. The van der Waals surface area contributed by atoms with Crippen molar-refractivity contribution in [2.24, 2.45) is 0 Å². The Kier molecular flexibility index (Phi) is 7.06. The maximum absolute atomic E-state index is 11.8. The maximum Gasteiger partial charge on any atom is 0.407 e. The van der Waals surface area contributed by atoms with Crippen LogP contribution in [0.25, 0.3) is 0 Å². The van der Waals surface area contributed by atoms with Crippen LogP contribution in [-0.4, -0.2) is 26.9 Å². The zero-order valence-corrected chi connectivity index (χ0v) is 16.9. The molecule has 24 heavy (non-hydrogen) atoms. The molecule has 0 aliphatic carbocycles. The van der Waals surface area contributed by atoms with Crippen molar-refractivity contribution in [2.75, 3.05) is 7.11 Å². The lowest BCUT2D eigenvalue weighted by molar-refractivity contribution is 0.0523. The molecule has 1 N–H and O–H groups in total. The number of alkyl carbamates (subject to hydrolysis) is 1. The second-order valence-corrected chi connectivity index (χ2v) is 12.5. The lowest BCUT2D eigenvalue weighted by Crippen LogP contribution is -2.32. The first-order valence-corrected chi connectivity index (χ1v) is 11.6. The minimum atomic E-state index is -1.41. The summed E-state index contributed by atoms with van der Waals surface area (Å²) in [6.07, 6.45) is -0.423. The van der Waals surface area contributed by atoms with Crippen LogP contribution >= 0.6 is 0 Å². The normalized spacial score (nSPS) is 11.5. The highest BCUT2D eigenvalue weighted by Crippen LogP contribution is 2.14. The second kappa shape index (κ2) is 8.36. The summed E-state index contributed by atoms with van der Waals surface area (Å²) >= 11 is 0.